The molecule has 2 aromatic rings. The Bertz CT molecular complexity index is 792. The number of ether oxygens (including phenoxy) is 1. The van der Waals surface area contributed by atoms with Crippen LogP contribution >= 0.6 is 0 Å². The van der Waals surface area contributed by atoms with Crippen LogP contribution < -0.4 is 14.4 Å². The number of pyridine rings is 1. The molecule has 25 heavy (non-hydrogen) atoms. The smallest absolute Gasteiger partial charge is 0.232 e. The molecule has 2 rings (SSSR count). The monoisotopic (exact) mass is 363 g/mol. The zero-order chi connectivity index (χ0) is 18.3. The zero-order valence-corrected chi connectivity index (χ0v) is 15.0. The first-order valence-electron chi connectivity index (χ1n) is 7.67. The second-order valence-corrected chi connectivity index (χ2v) is 7.33. The van der Waals surface area contributed by atoms with Crippen LogP contribution in [0, 0.1) is 0 Å². The Hall–Kier alpha value is -2.61. The number of aromatic nitrogens is 1. The average Bonchev–Trinajstić information content (AvgIpc) is 2.60. The number of anilines is 1. The van der Waals surface area contributed by atoms with Crippen LogP contribution in [0.4, 0.5) is 5.69 Å². The van der Waals surface area contributed by atoms with Gasteiger partial charge in [-0.1, -0.05) is 6.07 Å². The predicted molar refractivity (Wildman–Crippen MR) is 95.9 cm³/mol. The molecule has 0 aliphatic rings. The summed E-state index contributed by atoms with van der Waals surface area (Å²) in [6.45, 7) is 0.415. The van der Waals surface area contributed by atoms with Crippen LogP contribution in [0.2, 0.25) is 0 Å². The third-order valence-corrected chi connectivity index (χ3v) is 4.71. The van der Waals surface area contributed by atoms with E-state index in [2.05, 4.69) is 10.3 Å². The molecule has 0 saturated heterocycles. The van der Waals surface area contributed by atoms with Crippen LogP contribution in [0.3, 0.4) is 0 Å². The summed E-state index contributed by atoms with van der Waals surface area (Å²) in [5.74, 6) is 0.400. The number of rotatable bonds is 8. The highest BCUT2D eigenvalue weighted by atomic mass is 32.2. The van der Waals surface area contributed by atoms with Crippen molar-refractivity contribution in [3.63, 3.8) is 0 Å². The molecule has 0 unspecified atom stereocenters. The molecule has 1 aromatic carbocycles. The minimum Gasteiger partial charge on any atom is -0.497 e. The predicted octanol–water partition coefficient (Wildman–Crippen LogP) is 1.56. The number of benzene rings is 1. The van der Waals surface area contributed by atoms with Crippen LogP contribution in [0.5, 0.6) is 5.75 Å². The van der Waals surface area contributed by atoms with E-state index in [0.29, 0.717) is 18.0 Å². The van der Waals surface area contributed by atoms with Crippen molar-refractivity contribution in [1.82, 2.24) is 10.3 Å². The Morgan fingerprint density at radius 3 is 2.52 bits per heavy atom. The van der Waals surface area contributed by atoms with Gasteiger partial charge in [-0.15, -0.1) is 0 Å². The van der Waals surface area contributed by atoms with Crippen molar-refractivity contribution in [2.24, 2.45) is 0 Å². The summed E-state index contributed by atoms with van der Waals surface area (Å²) >= 11 is 0. The van der Waals surface area contributed by atoms with Crippen LogP contribution in [-0.2, 0) is 21.4 Å². The van der Waals surface area contributed by atoms with Gasteiger partial charge in [0.2, 0.25) is 15.9 Å². The number of hydrogen-bond acceptors (Lipinski definition) is 5. The molecule has 1 amide bonds. The molecule has 0 atom stereocenters. The average molecular weight is 363 g/mol. The van der Waals surface area contributed by atoms with E-state index in [-0.39, 0.29) is 18.9 Å². The van der Waals surface area contributed by atoms with Gasteiger partial charge < -0.3 is 10.1 Å². The molecule has 134 valence electrons. The van der Waals surface area contributed by atoms with Crippen molar-refractivity contribution < 1.29 is 17.9 Å². The van der Waals surface area contributed by atoms with Crippen molar-refractivity contribution in [3.8, 4) is 5.75 Å². The van der Waals surface area contributed by atoms with Gasteiger partial charge in [-0.05, 0) is 35.9 Å². The maximum Gasteiger partial charge on any atom is 0.232 e. The fourth-order valence-corrected chi connectivity index (χ4v) is 3.16. The molecule has 0 aliphatic heterocycles. The molecule has 0 fully saturated rings. The van der Waals surface area contributed by atoms with E-state index in [1.165, 1.54) is 11.4 Å². The number of carbonyl (C=O) groups is 1. The largest absolute Gasteiger partial charge is 0.497 e. The lowest BCUT2D eigenvalue weighted by molar-refractivity contribution is -0.121. The number of nitrogens with one attached hydrogen (secondary N) is 1. The molecule has 0 spiro atoms. The maximum atomic E-state index is 12.0. The van der Waals surface area contributed by atoms with Gasteiger partial charge in [0, 0.05) is 31.9 Å². The van der Waals surface area contributed by atoms with Gasteiger partial charge in [0.1, 0.15) is 5.75 Å². The summed E-state index contributed by atoms with van der Waals surface area (Å²) in [6.07, 6.45) is 4.49. The standard InChI is InChI=1S/C17H21N3O4S/c1-24-16-7-5-15(6-8-16)20(25(2,22)23)11-9-17(21)19-13-14-4-3-10-18-12-14/h3-8,10,12H,9,11,13H2,1-2H3,(H,19,21). The van der Waals surface area contributed by atoms with Gasteiger partial charge in [0.15, 0.2) is 0 Å². The van der Waals surface area contributed by atoms with Gasteiger partial charge in [0.05, 0.1) is 19.1 Å². The SMILES string of the molecule is COc1ccc(N(CCC(=O)NCc2cccnc2)S(C)(=O)=O)cc1. The summed E-state index contributed by atoms with van der Waals surface area (Å²) in [5, 5.41) is 2.76. The first kappa shape index (κ1) is 18.7. The Morgan fingerprint density at radius 2 is 1.96 bits per heavy atom. The highest BCUT2D eigenvalue weighted by Gasteiger charge is 2.18. The normalized spacial score (nSPS) is 11.0. The molecule has 1 aromatic heterocycles. The summed E-state index contributed by atoms with van der Waals surface area (Å²) in [7, 11) is -1.96. The lowest BCUT2D eigenvalue weighted by Crippen LogP contribution is -2.34. The summed E-state index contributed by atoms with van der Waals surface area (Å²) in [5.41, 5.74) is 1.37. The Morgan fingerprint density at radius 1 is 1.24 bits per heavy atom. The number of nitrogens with zero attached hydrogens (tertiary/aromatic N) is 2. The van der Waals surface area contributed by atoms with Gasteiger partial charge in [0.25, 0.3) is 0 Å². The van der Waals surface area contributed by atoms with E-state index in [1.807, 2.05) is 6.07 Å². The maximum absolute atomic E-state index is 12.0. The van der Waals surface area contributed by atoms with Crippen molar-refractivity contribution in [3.05, 3.63) is 54.4 Å². The molecule has 0 bridgehead atoms. The van der Waals surface area contributed by atoms with Crippen LogP contribution in [0.25, 0.3) is 0 Å². The van der Waals surface area contributed by atoms with Crippen molar-refractivity contribution in [2.75, 3.05) is 24.2 Å². The van der Waals surface area contributed by atoms with Crippen molar-refractivity contribution in [1.29, 1.82) is 0 Å². The lowest BCUT2D eigenvalue weighted by Gasteiger charge is -2.22. The van der Waals surface area contributed by atoms with Gasteiger partial charge in [-0.25, -0.2) is 8.42 Å². The fourth-order valence-electron chi connectivity index (χ4n) is 2.23. The molecular formula is C17H21N3O4S. The Labute approximate surface area is 147 Å². The van der Waals surface area contributed by atoms with Crippen molar-refractivity contribution >= 4 is 21.6 Å². The topological polar surface area (TPSA) is 88.6 Å². The number of methoxy groups -OCH3 is 1. The van der Waals surface area contributed by atoms with E-state index in [1.54, 1.807) is 42.7 Å². The first-order chi connectivity index (χ1) is 11.9. The molecule has 0 aliphatic carbocycles. The van der Waals surface area contributed by atoms with Crippen LogP contribution in [0.15, 0.2) is 48.8 Å². The molecular weight excluding hydrogens is 342 g/mol. The molecule has 8 heteroatoms. The molecule has 7 nitrogen and oxygen atoms in total. The van der Waals surface area contributed by atoms with Crippen LogP contribution in [0.1, 0.15) is 12.0 Å². The van der Waals surface area contributed by atoms with E-state index in [4.69, 9.17) is 4.74 Å². The molecule has 1 N–H and O–H groups in total. The third kappa shape index (κ3) is 5.75. The summed E-state index contributed by atoms with van der Waals surface area (Å²) in [6, 6.07) is 10.3. The van der Waals surface area contributed by atoms with E-state index in [9.17, 15) is 13.2 Å². The number of carbonyl (C=O) groups excluding carboxylic acids is 1. The summed E-state index contributed by atoms with van der Waals surface area (Å²) < 4.78 is 30.3. The molecule has 0 saturated carbocycles. The number of hydrogen-bond donors (Lipinski definition) is 1. The highest BCUT2D eigenvalue weighted by molar-refractivity contribution is 7.92. The first-order valence-corrected chi connectivity index (χ1v) is 9.52. The zero-order valence-electron chi connectivity index (χ0n) is 14.2. The van der Waals surface area contributed by atoms with Gasteiger partial charge in [-0.3, -0.25) is 14.1 Å². The van der Waals surface area contributed by atoms with Gasteiger partial charge >= 0.3 is 0 Å². The second-order valence-electron chi connectivity index (χ2n) is 5.42. The molecule has 1 heterocycles. The quantitative estimate of drug-likeness (QED) is 0.769. The Kier molecular flexibility index (Phi) is 6.35. The second kappa shape index (κ2) is 8.48. The highest BCUT2D eigenvalue weighted by Crippen LogP contribution is 2.21. The minimum atomic E-state index is -3.50. The number of sulfonamides is 1. The summed E-state index contributed by atoms with van der Waals surface area (Å²) in [4.78, 5) is 16.0. The van der Waals surface area contributed by atoms with Gasteiger partial charge in [-0.2, -0.15) is 0 Å². The van der Waals surface area contributed by atoms with E-state index < -0.39 is 10.0 Å². The van der Waals surface area contributed by atoms with E-state index in [0.717, 1.165) is 11.8 Å². The Balaban J connectivity index is 1.96. The third-order valence-electron chi connectivity index (χ3n) is 3.52. The van der Waals surface area contributed by atoms with Crippen molar-refractivity contribution in [2.45, 2.75) is 13.0 Å². The minimum absolute atomic E-state index is 0.0549. The molecule has 0 radical (unpaired) electrons. The number of amides is 1. The van der Waals surface area contributed by atoms with Crippen LogP contribution in [-0.4, -0.2) is 39.2 Å². The lowest BCUT2D eigenvalue weighted by atomic mass is 10.2. The van der Waals surface area contributed by atoms with E-state index >= 15 is 0 Å². The fraction of sp³-hybridized carbons (Fsp3) is 0.294.